The molecule has 0 aromatic heterocycles. The molecule has 60 valence electrons. The molecule has 0 aromatic carbocycles. The molecule has 1 N–H and O–H groups in total. The van der Waals surface area contributed by atoms with E-state index < -0.39 is 6.09 Å². The zero-order chi connectivity index (χ0) is 8.31. The average Bonchev–Trinajstić information content (AvgIpc) is 1.84. The topological polar surface area (TPSA) is 40.5 Å². The van der Waals surface area contributed by atoms with Crippen molar-refractivity contribution in [3.8, 4) is 0 Å². The molecule has 0 rings (SSSR count). The Labute approximate surface area is 65.7 Å². The lowest BCUT2D eigenvalue weighted by Crippen LogP contribution is -2.32. The third-order valence-electron chi connectivity index (χ3n) is 1.51. The summed E-state index contributed by atoms with van der Waals surface area (Å²) in [5.74, 6) is 0.244. The van der Waals surface area contributed by atoms with Gasteiger partial charge in [0.05, 0.1) is 6.04 Å². The Hall–Kier alpha value is -0.440. The van der Waals surface area contributed by atoms with E-state index in [1.54, 1.807) is 6.92 Å². The molecular weight excluding hydrogens is 154 g/mol. The Morgan fingerprint density at radius 3 is 2.00 bits per heavy atom. The van der Waals surface area contributed by atoms with Crippen molar-refractivity contribution in [2.45, 2.75) is 26.8 Å². The standard InChI is InChI=1S/C6H12ClNO2/c1-4(2)5(3)8(7)6(9)10/h4-5H,1-3H3,(H,9,10). The van der Waals surface area contributed by atoms with Gasteiger partial charge >= 0.3 is 6.09 Å². The predicted octanol–water partition coefficient (Wildman–Crippen LogP) is 2.16. The second kappa shape index (κ2) is 3.66. The average molecular weight is 166 g/mol. The van der Waals surface area contributed by atoms with E-state index in [1.807, 2.05) is 13.8 Å². The van der Waals surface area contributed by atoms with E-state index in [9.17, 15) is 4.79 Å². The van der Waals surface area contributed by atoms with Crippen LogP contribution >= 0.6 is 11.8 Å². The first kappa shape index (κ1) is 9.56. The number of halogens is 1. The lowest BCUT2D eigenvalue weighted by molar-refractivity contribution is 0.156. The number of rotatable bonds is 2. The summed E-state index contributed by atoms with van der Waals surface area (Å²) in [6.45, 7) is 5.61. The van der Waals surface area contributed by atoms with E-state index in [1.165, 1.54) is 0 Å². The van der Waals surface area contributed by atoms with Gasteiger partial charge in [-0.15, -0.1) is 0 Å². The van der Waals surface area contributed by atoms with Crippen LogP contribution in [-0.4, -0.2) is 21.7 Å². The highest BCUT2D eigenvalue weighted by Crippen LogP contribution is 2.11. The number of nitrogens with zero attached hydrogens (tertiary/aromatic N) is 1. The van der Waals surface area contributed by atoms with Crippen molar-refractivity contribution in [3.05, 3.63) is 0 Å². The summed E-state index contributed by atoms with van der Waals surface area (Å²) < 4.78 is 0.796. The molecule has 1 unspecified atom stereocenters. The van der Waals surface area contributed by atoms with Gasteiger partial charge in [0.2, 0.25) is 0 Å². The minimum Gasteiger partial charge on any atom is -0.464 e. The van der Waals surface area contributed by atoms with Crippen LogP contribution in [0.5, 0.6) is 0 Å². The number of hydrogen-bond acceptors (Lipinski definition) is 1. The Balaban J connectivity index is 3.94. The van der Waals surface area contributed by atoms with Gasteiger partial charge in [-0.25, -0.2) is 9.21 Å². The first-order valence-corrected chi connectivity index (χ1v) is 3.48. The van der Waals surface area contributed by atoms with Crippen LogP contribution in [0.25, 0.3) is 0 Å². The summed E-state index contributed by atoms with van der Waals surface area (Å²) in [5, 5.41) is 8.40. The predicted molar refractivity (Wildman–Crippen MR) is 40.0 cm³/mol. The first-order valence-electron chi connectivity index (χ1n) is 3.14. The molecule has 0 bridgehead atoms. The van der Waals surface area contributed by atoms with Crippen LogP contribution in [0.4, 0.5) is 4.79 Å². The van der Waals surface area contributed by atoms with Crippen LogP contribution < -0.4 is 0 Å². The molecule has 0 aliphatic carbocycles. The highest BCUT2D eigenvalue weighted by Gasteiger charge is 2.19. The number of carboxylic acid groups (broad SMARTS) is 1. The van der Waals surface area contributed by atoms with Gasteiger partial charge in [-0.3, -0.25) is 0 Å². The summed E-state index contributed by atoms with van der Waals surface area (Å²) in [7, 11) is 0. The van der Waals surface area contributed by atoms with Crippen molar-refractivity contribution in [2.24, 2.45) is 5.92 Å². The monoisotopic (exact) mass is 165 g/mol. The molecule has 1 atom stereocenters. The molecule has 0 fully saturated rings. The molecule has 0 saturated heterocycles. The SMILES string of the molecule is CC(C)C(C)N(Cl)C(=O)O. The van der Waals surface area contributed by atoms with Gasteiger partial charge in [0.15, 0.2) is 0 Å². The molecule has 0 aliphatic rings. The minimum atomic E-state index is -1.09. The Kier molecular flexibility index (Phi) is 3.50. The first-order chi connectivity index (χ1) is 4.46. The maximum absolute atomic E-state index is 10.2. The Morgan fingerprint density at radius 2 is 1.90 bits per heavy atom. The minimum absolute atomic E-state index is 0.140. The van der Waals surface area contributed by atoms with Crippen LogP contribution in [0.2, 0.25) is 0 Å². The van der Waals surface area contributed by atoms with Gasteiger partial charge in [-0.05, 0) is 12.8 Å². The van der Waals surface area contributed by atoms with E-state index in [0.29, 0.717) is 0 Å². The quantitative estimate of drug-likeness (QED) is 0.637. The number of amides is 1. The largest absolute Gasteiger partial charge is 0.464 e. The summed E-state index contributed by atoms with van der Waals surface area (Å²) in [6, 6.07) is -0.140. The van der Waals surface area contributed by atoms with Gasteiger partial charge in [0.25, 0.3) is 0 Å². The zero-order valence-corrected chi connectivity index (χ0v) is 7.09. The van der Waals surface area contributed by atoms with E-state index in [4.69, 9.17) is 16.9 Å². The summed E-state index contributed by atoms with van der Waals surface area (Å²) >= 11 is 5.39. The maximum atomic E-state index is 10.2. The van der Waals surface area contributed by atoms with Crippen molar-refractivity contribution in [1.29, 1.82) is 0 Å². The fraction of sp³-hybridized carbons (Fsp3) is 0.833. The van der Waals surface area contributed by atoms with Crippen LogP contribution in [0.3, 0.4) is 0 Å². The van der Waals surface area contributed by atoms with Gasteiger partial charge in [-0.2, -0.15) is 0 Å². The summed E-state index contributed by atoms with van der Waals surface area (Å²) in [4.78, 5) is 10.2. The molecule has 0 radical (unpaired) electrons. The molecule has 0 aromatic rings. The summed E-state index contributed by atoms with van der Waals surface area (Å²) in [5.41, 5.74) is 0. The molecule has 0 heterocycles. The van der Waals surface area contributed by atoms with Crippen LogP contribution in [0.15, 0.2) is 0 Å². The highest BCUT2D eigenvalue weighted by atomic mass is 35.5. The molecule has 0 aliphatic heterocycles. The smallest absolute Gasteiger partial charge is 0.422 e. The molecule has 0 spiro atoms. The summed E-state index contributed by atoms with van der Waals surface area (Å²) in [6.07, 6.45) is -1.09. The second-order valence-corrected chi connectivity index (χ2v) is 2.94. The fourth-order valence-corrected chi connectivity index (χ4v) is 0.661. The third-order valence-corrected chi connectivity index (χ3v) is 1.96. The third kappa shape index (κ3) is 2.43. The Bertz CT molecular complexity index is 127. The number of hydrogen-bond donors (Lipinski definition) is 1. The van der Waals surface area contributed by atoms with Crippen molar-refractivity contribution >= 4 is 17.9 Å². The van der Waals surface area contributed by atoms with Crippen LogP contribution in [-0.2, 0) is 0 Å². The van der Waals surface area contributed by atoms with Crippen LogP contribution in [0, 0.1) is 5.92 Å². The lowest BCUT2D eigenvalue weighted by Gasteiger charge is -2.21. The molecule has 4 heteroatoms. The van der Waals surface area contributed by atoms with Crippen molar-refractivity contribution in [1.82, 2.24) is 4.42 Å². The van der Waals surface area contributed by atoms with Crippen molar-refractivity contribution < 1.29 is 9.90 Å². The maximum Gasteiger partial charge on any atom is 0.422 e. The Morgan fingerprint density at radius 1 is 1.50 bits per heavy atom. The lowest BCUT2D eigenvalue weighted by atomic mass is 10.1. The molecule has 1 amide bonds. The van der Waals surface area contributed by atoms with E-state index in [-0.39, 0.29) is 12.0 Å². The normalized spacial score (nSPS) is 13.3. The van der Waals surface area contributed by atoms with E-state index >= 15 is 0 Å². The van der Waals surface area contributed by atoms with Gasteiger partial charge < -0.3 is 5.11 Å². The van der Waals surface area contributed by atoms with E-state index in [2.05, 4.69) is 0 Å². The van der Waals surface area contributed by atoms with Crippen molar-refractivity contribution in [3.63, 3.8) is 0 Å². The van der Waals surface area contributed by atoms with Crippen LogP contribution in [0.1, 0.15) is 20.8 Å². The van der Waals surface area contributed by atoms with Gasteiger partial charge in [0.1, 0.15) is 0 Å². The number of carbonyl (C=O) groups is 1. The highest BCUT2D eigenvalue weighted by molar-refractivity contribution is 6.20. The molecule has 10 heavy (non-hydrogen) atoms. The molecule has 3 nitrogen and oxygen atoms in total. The zero-order valence-electron chi connectivity index (χ0n) is 6.34. The van der Waals surface area contributed by atoms with E-state index in [0.717, 1.165) is 4.42 Å². The molecular formula is C6H12ClNO2. The second-order valence-electron chi connectivity index (χ2n) is 2.58. The van der Waals surface area contributed by atoms with Crippen molar-refractivity contribution in [2.75, 3.05) is 0 Å². The molecule has 0 saturated carbocycles. The van der Waals surface area contributed by atoms with Gasteiger partial charge in [0, 0.05) is 11.8 Å². The fourth-order valence-electron chi connectivity index (χ4n) is 0.436. The van der Waals surface area contributed by atoms with Gasteiger partial charge in [-0.1, -0.05) is 13.8 Å².